The zero-order chi connectivity index (χ0) is 17.6. The van der Waals surface area contributed by atoms with Gasteiger partial charge in [0.15, 0.2) is 5.69 Å². The molecule has 25 heavy (non-hydrogen) atoms. The summed E-state index contributed by atoms with van der Waals surface area (Å²) in [5.74, 6) is -1.49. The Morgan fingerprint density at radius 3 is 2.92 bits per heavy atom. The number of benzene rings is 1. The van der Waals surface area contributed by atoms with Crippen LogP contribution in [0.25, 0.3) is 0 Å². The SMILES string of the molecule is O=C(c1n[nH]c2c1CCCC2)N1C[C@H](O)C[C@H]1c1cc(F)ccc1F. The fraction of sp³-hybridized carbons (Fsp3) is 0.444. The van der Waals surface area contributed by atoms with Gasteiger partial charge in [-0.15, -0.1) is 0 Å². The Balaban J connectivity index is 1.69. The topological polar surface area (TPSA) is 69.2 Å². The lowest BCUT2D eigenvalue weighted by atomic mass is 9.95. The predicted molar refractivity (Wildman–Crippen MR) is 86.0 cm³/mol. The molecule has 2 atom stereocenters. The highest BCUT2D eigenvalue weighted by Crippen LogP contribution is 2.36. The van der Waals surface area contributed by atoms with E-state index in [1.807, 2.05) is 0 Å². The van der Waals surface area contributed by atoms with Crippen LogP contribution < -0.4 is 0 Å². The van der Waals surface area contributed by atoms with Gasteiger partial charge in [0.2, 0.25) is 0 Å². The highest BCUT2D eigenvalue weighted by molar-refractivity contribution is 5.94. The number of carbonyl (C=O) groups is 1. The second-order valence-corrected chi connectivity index (χ2v) is 6.77. The number of fused-ring (bicyclic) bond motifs is 1. The van der Waals surface area contributed by atoms with Crippen LogP contribution in [0.4, 0.5) is 8.78 Å². The lowest BCUT2D eigenvalue weighted by molar-refractivity contribution is 0.0706. The van der Waals surface area contributed by atoms with E-state index in [0.717, 1.165) is 55.1 Å². The van der Waals surface area contributed by atoms with Gasteiger partial charge in [-0.25, -0.2) is 8.78 Å². The lowest BCUT2D eigenvalue weighted by Crippen LogP contribution is -2.33. The Bertz CT molecular complexity index is 821. The van der Waals surface area contributed by atoms with Crippen molar-refractivity contribution in [1.29, 1.82) is 0 Å². The number of amides is 1. The molecule has 7 heteroatoms. The molecule has 1 aliphatic carbocycles. The second kappa shape index (κ2) is 6.22. The third kappa shape index (κ3) is 2.82. The number of likely N-dealkylation sites (tertiary alicyclic amines) is 1. The van der Waals surface area contributed by atoms with E-state index in [0.29, 0.717) is 5.69 Å². The summed E-state index contributed by atoms with van der Waals surface area (Å²) < 4.78 is 27.8. The molecule has 1 aromatic carbocycles. The Labute approximate surface area is 143 Å². The number of hydrogen-bond acceptors (Lipinski definition) is 3. The van der Waals surface area contributed by atoms with Crippen molar-refractivity contribution in [3.05, 3.63) is 52.3 Å². The minimum atomic E-state index is -0.772. The van der Waals surface area contributed by atoms with E-state index in [4.69, 9.17) is 0 Å². The van der Waals surface area contributed by atoms with Crippen LogP contribution >= 0.6 is 0 Å². The van der Waals surface area contributed by atoms with Gasteiger partial charge in [-0.05, 0) is 50.3 Å². The van der Waals surface area contributed by atoms with Crippen molar-refractivity contribution in [3.63, 3.8) is 0 Å². The number of aliphatic hydroxyl groups excluding tert-OH is 1. The van der Waals surface area contributed by atoms with Gasteiger partial charge in [-0.1, -0.05) is 0 Å². The van der Waals surface area contributed by atoms with E-state index in [1.54, 1.807) is 0 Å². The molecule has 1 aromatic heterocycles. The van der Waals surface area contributed by atoms with Gasteiger partial charge in [-0.3, -0.25) is 9.89 Å². The largest absolute Gasteiger partial charge is 0.391 e. The molecule has 1 saturated heterocycles. The summed E-state index contributed by atoms with van der Waals surface area (Å²) in [4.78, 5) is 14.4. The number of nitrogens with zero attached hydrogens (tertiary/aromatic N) is 2. The van der Waals surface area contributed by atoms with E-state index < -0.39 is 23.8 Å². The number of β-amino-alcohol motifs (C(OH)–C–C–N with tert-alkyl or cyclic N) is 1. The number of aromatic amines is 1. The third-order valence-electron chi connectivity index (χ3n) is 5.12. The predicted octanol–water partition coefficient (Wildman–Crippen LogP) is 2.51. The van der Waals surface area contributed by atoms with Crippen molar-refractivity contribution in [3.8, 4) is 0 Å². The maximum absolute atomic E-state index is 14.2. The molecule has 0 saturated carbocycles. The van der Waals surface area contributed by atoms with Crippen LogP contribution in [0.15, 0.2) is 18.2 Å². The summed E-state index contributed by atoms with van der Waals surface area (Å²) in [6, 6.07) is 2.49. The Morgan fingerprint density at radius 1 is 1.28 bits per heavy atom. The number of carbonyl (C=O) groups excluding carboxylic acids is 1. The fourth-order valence-electron chi connectivity index (χ4n) is 3.90. The van der Waals surface area contributed by atoms with Gasteiger partial charge in [0.05, 0.1) is 12.1 Å². The third-order valence-corrected chi connectivity index (χ3v) is 5.12. The number of aryl methyl sites for hydroxylation is 1. The quantitative estimate of drug-likeness (QED) is 0.877. The number of hydrogen-bond donors (Lipinski definition) is 2. The molecule has 0 radical (unpaired) electrons. The van der Waals surface area contributed by atoms with Crippen molar-refractivity contribution in [2.75, 3.05) is 6.54 Å². The van der Waals surface area contributed by atoms with Gasteiger partial charge in [0.1, 0.15) is 11.6 Å². The molecule has 2 heterocycles. The van der Waals surface area contributed by atoms with Gasteiger partial charge < -0.3 is 10.0 Å². The zero-order valence-electron chi connectivity index (χ0n) is 13.6. The number of nitrogens with one attached hydrogen (secondary N) is 1. The van der Waals surface area contributed by atoms with Crippen LogP contribution in [0.3, 0.4) is 0 Å². The molecule has 2 N–H and O–H groups in total. The van der Waals surface area contributed by atoms with E-state index in [1.165, 1.54) is 4.90 Å². The molecule has 1 amide bonds. The Morgan fingerprint density at radius 2 is 2.08 bits per heavy atom. The minimum Gasteiger partial charge on any atom is -0.391 e. The van der Waals surface area contributed by atoms with Crippen LogP contribution in [0.1, 0.15) is 52.6 Å². The normalized spacial score (nSPS) is 22.9. The van der Waals surface area contributed by atoms with E-state index >= 15 is 0 Å². The smallest absolute Gasteiger partial charge is 0.275 e. The molecule has 5 nitrogen and oxygen atoms in total. The summed E-state index contributed by atoms with van der Waals surface area (Å²) in [7, 11) is 0. The number of halogens is 2. The molecule has 2 aromatic rings. The van der Waals surface area contributed by atoms with Crippen molar-refractivity contribution < 1.29 is 18.7 Å². The van der Waals surface area contributed by atoms with Crippen LogP contribution in [0.5, 0.6) is 0 Å². The summed E-state index contributed by atoms with van der Waals surface area (Å²) in [5.41, 5.74) is 2.32. The maximum atomic E-state index is 14.2. The molecule has 0 bridgehead atoms. The van der Waals surface area contributed by atoms with Crippen molar-refractivity contribution in [1.82, 2.24) is 15.1 Å². The summed E-state index contributed by atoms with van der Waals surface area (Å²) in [6.07, 6.45) is 3.10. The number of H-pyrrole nitrogens is 1. The van der Waals surface area contributed by atoms with Gasteiger partial charge >= 0.3 is 0 Å². The van der Waals surface area contributed by atoms with Crippen LogP contribution in [0.2, 0.25) is 0 Å². The van der Waals surface area contributed by atoms with E-state index in [9.17, 15) is 18.7 Å². The monoisotopic (exact) mass is 347 g/mol. The molecule has 0 unspecified atom stereocenters. The number of aliphatic hydroxyl groups is 1. The molecule has 1 aliphatic heterocycles. The molecule has 0 spiro atoms. The second-order valence-electron chi connectivity index (χ2n) is 6.77. The minimum absolute atomic E-state index is 0.0844. The molecular weight excluding hydrogens is 328 g/mol. The van der Waals surface area contributed by atoms with Crippen LogP contribution in [-0.2, 0) is 12.8 Å². The van der Waals surface area contributed by atoms with Crippen molar-refractivity contribution >= 4 is 5.91 Å². The number of aromatic nitrogens is 2. The van der Waals surface area contributed by atoms with E-state index in [2.05, 4.69) is 10.2 Å². The van der Waals surface area contributed by atoms with Gasteiger partial charge in [-0.2, -0.15) is 5.10 Å². The Kier molecular flexibility index (Phi) is 4.03. The molecule has 1 fully saturated rings. The van der Waals surface area contributed by atoms with E-state index in [-0.39, 0.29) is 24.4 Å². The zero-order valence-corrected chi connectivity index (χ0v) is 13.6. The average molecular weight is 347 g/mol. The molecule has 4 rings (SSSR count). The summed E-state index contributed by atoms with van der Waals surface area (Å²) in [6.45, 7) is 0.0844. The van der Waals surface area contributed by atoms with Crippen LogP contribution in [-0.4, -0.2) is 38.8 Å². The highest BCUT2D eigenvalue weighted by Gasteiger charge is 2.39. The first kappa shape index (κ1) is 16.2. The maximum Gasteiger partial charge on any atom is 0.275 e. The van der Waals surface area contributed by atoms with Crippen LogP contribution in [0, 0.1) is 11.6 Å². The molecular formula is C18H19F2N3O2. The molecule has 132 valence electrons. The average Bonchev–Trinajstić information content (AvgIpc) is 3.20. The van der Waals surface area contributed by atoms with Gasteiger partial charge in [0, 0.05) is 23.4 Å². The number of rotatable bonds is 2. The van der Waals surface area contributed by atoms with Crippen molar-refractivity contribution in [2.24, 2.45) is 0 Å². The lowest BCUT2D eigenvalue weighted by Gasteiger charge is -2.25. The molecule has 2 aliphatic rings. The Hall–Kier alpha value is -2.28. The fourth-order valence-corrected chi connectivity index (χ4v) is 3.90. The highest BCUT2D eigenvalue weighted by atomic mass is 19.1. The summed E-state index contributed by atoms with van der Waals surface area (Å²) in [5, 5.41) is 17.1. The first-order valence-corrected chi connectivity index (χ1v) is 8.54. The van der Waals surface area contributed by atoms with Crippen molar-refractivity contribution in [2.45, 2.75) is 44.2 Å². The summed E-state index contributed by atoms with van der Waals surface area (Å²) >= 11 is 0. The standard InChI is InChI=1S/C18H19F2N3O2/c19-10-5-6-14(20)13(7-10)16-8-11(24)9-23(16)18(25)17-12-3-1-2-4-15(12)21-22-17/h5-7,11,16,24H,1-4,8-9H2,(H,21,22)/t11-,16+/m1/s1. The first-order valence-electron chi connectivity index (χ1n) is 8.54. The first-order chi connectivity index (χ1) is 12.0. The van der Waals surface area contributed by atoms with Gasteiger partial charge in [0.25, 0.3) is 5.91 Å².